The van der Waals surface area contributed by atoms with Crippen molar-refractivity contribution in [3.63, 3.8) is 0 Å². The molecule has 0 unspecified atom stereocenters. The number of hydrogen-bond donors (Lipinski definition) is 1. The van der Waals surface area contributed by atoms with Crippen molar-refractivity contribution < 1.29 is 13.2 Å². The van der Waals surface area contributed by atoms with Crippen LogP contribution in [0, 0.1) is 6.92 Å². The molecule has 0 spiro atoms. The van der Waals surface area contributed by atoms with E-state index in [1.54, 1.807) is 24.3 Å². The summed E-state index contributed by atoms with van der Waals surface area (Å²) in [5, 5.41) is 0.387. The molecule has 3 aromatic rings. The molecule has 7 heteroatoms. The molecular weight excluding hydrogens is 393 g/mol. The third-order valence-electron chi connectivity index (χ3n) is 3.55. The van der Waals surface area contributed by atoms with Gasteiger partial charge in [0, 0.05) is 10.7 Å². The molecule has 26 heavy (non-hydrogen) atoms. The Morgan fingerprint density at radius 2 is 1.42 bits per heavy atom. The Bertz CT molecular complexity index is 1020. The molecule has 0 bridgehead atoms. The van der Waals surface area contributed by atoms with Crippen LogP contribution in [-0.2, 0) is 10.0 Å². The van der Waals surface area contributed by atoms with Crippen LogP contribution in [0.3, 0.4) is 0 Å². The minimum Gasteiger partial charge on any atom is -0.457 e. The second-order valence-electron chi connectivity index (χ2n) is 5.62. The minimum absolute atomic E-state index is 0.0772. The first kappa shape index (κ1) is 18.6. The summed E-state index contributed by atoms with van der Waals surface area (Å²) in [4.78, 5) is -0.0772. The maximum Gasteiger partial charge on any atom is 0.263 e. The lowest BCUT2D eigenvalue weighted by molar-refractivity contribution is 0.482. The quantitative estimate of drug-likeness (QED) is 0.572. The van der Waals surface area contributed by atoms with Crippen molar-refractivity contribution in [2.75, 3.05) is 4.72 Å². The number of rotatable bonds is 5. The Labute approximate surface area is 162 Å². The Kier molecular flexibility index (Phi) is 5.41. The number of nitrogens with one attached hydrogen (secondary N) is 1. The predicted molar refractivity (Wildman–Crippen MR) is 105 cm³/mol. The van der Waals surface area contributed by atoms with Gasteiger partial charge in [0.25, 0.3) is 10.0 Å². The Morgan fingerprint density at radius 3 is 2.04 bits per heavy atom. The van der Waals surface area contributed by atoms with Gasteiger partial charge in [0.05, 0.1) is 5.02 Å². The molecule has 0 fully saturated rings. The van der Waals surface area contributed by atoms with Crippen molar-refractivity contribution in [2.45, 2.75) is 11.8 Å². The van der Waals surface area contributed by atoms with Crippen molar-refractivity contribution in [3.8, 4) is 11.5 Å². The smallest absolute Gasteiger partial charge is 0.263 e. The van der Waals surface area contributed by atoms with E-state index >= 15 is 0 Å². The van der Waals surface area contributed by atoms with Gasteiger partial charge in [-0.1, -0.05) is 40.9 Å². The summed E-state index contributed by atoms with van der Waals surface area (Å²) >= 11 is 11.8. The van der Waals surface area contributed by atoms with Crippen molar-refractivity contribution in [2.24, 2.45) is 0 Å². The average Bonchev–Trinajstić information content (AvgIpc) is 2.60. The molecule has 1 N–H and O–H groups in total. The average molecular weight is 408 g/mol. The van der Waals surface area contributed by atoms with Crippen molar-refractivity contribution in [1.29, 1.82) is 0 Å². The molecule has 0 radical (unpaired) electrons. The maximum atomic E-state index is 12.5. The third-order valence-corrected chi connectivity index (χ3v) is 5.64. The van der Waals surface area contributed by atoms with Crippen LogP contribution in [0.1, 0.15) is 5.56 Å². The molecule has 0 atom stereocenters. The number of sulfonamides is 1. The third kappa shape index (κ3) is 4.49. The highest BCUT2D eigenvalue weighted by Crippen LogP contribution is 2.28. The summed E-state index contributed by atoms with van der Waals surface area (Å²) in [6.07, 6.45) is 0. The summed E-state index contributed by atoms with van der Waals surface area (Å²) in [6.45, 7) is 2.00. The van der Waals surface area contributed by atoms with E-state index < -0.39 is 10.0 Å². The molecule has 134 valence electrons. The van der Waals surface area contributed by atoms with Crippen LogP contribution in [0.2, 0.25) is 10.0 Å². The summed E-state index contributed by atoms with van der Waals surface area (Å²) < 4.78 is 33.2. The molecule has 0 amide bonds. The van der Waals surface area contributed by atoms with Crippen LogP contribution >= 0.6 is 23.2 Å². The fourth-order valence-electron chi connectivity index (χ4n) is 2.23. The van der Waals surface area contributed by atoms with E-state index in [2.05, 4.69) is 4.72 Å². The van der Waals surface area contributed by atoms with Crippen molar-refractivity contribution in [1.82, 2.24) is 0 Å². The molecule has 4 nitrogen and oxygen atoms in total. The number of ether oxygens (including phenoxy) is 1. The van der Waals surface area contributed by atoms with Gasteiger partial charge in [0.15, 0.2) is 0 Å². The van der Waals surface area contributed by atoms with E-state index in [-0.39, 0.29) is 14.9 Å². The first-order chi connectivity index (χ1) is 12.3. The monoisotopic (exact) mass is 407 g/mol. The van der Waals surface area contributed by atoms with Gasteiger partial charge in [-0.15, -0.1) is 0 Å². The Morgan fingerprint density at radius 1 is 0.846 bits per heavy atom. The van der Waals surface area contributed by atoms with E-state index in [9.17, 15) is 8.42 Å². The predicted octanol–water partition coefficient (Wildman–Crippen LogP) is 5.89. The highest BCUT2D eigenvalue weighted by atomic mass is 35.5. The topological polar surface area (TPSA) is 55.4 Å². The van der Waals surface area contributed by atoms with Crippen molar-refractivity contribution in [3.05, 3.63) is 82.3 Å². The second kappa shape index (κ2) is 7.58. The van der Waals surface area contributed by atoms with Crippen LogP contribution in [0.25, 0.3) is 0 Å². The molecule has 3 rings (SSSR count). The lowest BCUT2D eigenvalue weighted by atomic mass is 10.2. The van der Waals surface area contributed by atoms with Gasteiger partial charge >= 0.3 is 0 Å². The highest BCUT2D eigenvalue weighted by Gasteiger charge is 2.18. The zero-order chi connectivity index (χ0) is 18.7. The molecule has 0 saturated carbocycles. The first-order valence-corrected chi connectivity index (χ1v) is 9.90. The van der Waals surface area contributed by atoms with E-state index in [1.807, 2.05) is 31.2 Å². The number of benzene rings is 3. The van der Waals surface area contributed by atoms with E-state index in [0.717, 1.165) is 5.56 Å². The van der Waals surface area contributed by atoms with Gasteiger partial charge in [-0.05, 0) is 61.5 Å². The molecule has 0 aromatic heterocycles. The Hall–Kier alpha value is -2.21. The summed E-state index contributed by atoms with van der Waals surface area (Å²) in [6, 6.07) is 18.5. The van der Waals surface area contributed by atoms with Gasteiger partial charge in [-0.2, -0.15) is 0 Å². The zero-order valence-corrected chi connectivity index (χ0v) is 16.1. The van der Waals surface area contributed by atoms with E-state index in [4.69, 9.17) is 27.9 Å². The van der Waals surface area contributed by atoms with Crippen LogP contribution in [0.5, 0.6) is 11.5 Å². The lowest BCUT2D eigenvalue weighted by Crippen LogP contribution is -2.13. The number of halogens is 2. The summed E-state index contributed by atoms with van der Waals surface area (Å²) in [5.41, 5.74) is 1.53. The standard InChI is InChI=1S/C19H15Cl2NO3S/c1-13-2-7-16(8-3-13)25-17-9-5-15(6-10-17)22-26(23,24)19-12-14(20)4-11-18(19)21/h2-12,22H,1H3. The molecule has 0 aliphatic rings. The zero-order valence-electron chi connectivity index (χ0n) is 13.7. The SMILES string of the molecule is Cc1ccc(Oc2ccc(NS(=O)(=O)c3cc(Cl)ccc3Cl)cc2)cc1. The fraction of sp³-hybridized carbons (Fsp3) is 0.0526. The first-order valence-electron chi connectivity index (χ1n) is 7.66. The number of anilines is 1. The molecule has 0 heterocycles. The molecular formula is C19H15Cl2NO3S. The lowest BCUT2D eigenvalue weighted by Gasteiger charge is -2.11. The van der Waals surface area contributed by atoms with Gasteiger partial charge < -0.3 is 4.74 Å². The highest BCUT2D eigenvalue weighted by molar-refractivity contribution is 7.92. The van der Waals surface area contributed by atoms with Gasteiger partial charge in [-0.25, -0.2) is 8.42 Å². The largest absolute Gasteiger partial charge is 0.457 e. The van der Waals surface area contributed by atoms with Crippen LogP contribution < -0.4 is 9.46 Å². The molecule has 0 aliphatic carbocycles. The van der Waals surface area contributed by atoms with Crippen LogP contribution in [-0.4, -0.2) is 8.42 Å². The van der Waals surface area contributed by atoms with Crippen LogP contribution in [0.15, 0.2) is 71.6 Å². The van der Waals surface area contributed by atoms with Crippen molar-refractivity contribution >= 4 is 38.9 Å². The molecule has 0 aliphatic heterocycles. The van der Waals surface area contributed by atoms with Gasteiger partial charge in [0.2, 0.25) is 0 Å². The number of aryl methyl sites for hydroxylation is 1. The molecule has 3 aromatic carbocycles. The van der Waals surface area contributed by atoms with Gasteiger partial charge in [0.1, 0.15) is 16.4 Å². The Balaban J connectivity index is 1.76. The van der Waals surface area contributed by atoms with E-state index in [1.165, 1.54) is 18.2 Å². The number of hydrogen-bond acceptors (Lipinski definition) is 3. The van der Waals surface area contributed by atoms with Gasteiger partial charge in [-0.3, -0.25) is 4.72 Å². The maximum absolute atomic E-state index is 12.5. The molecule has 0 saturated heterocycles. The van der Waals surface area contributed by atoms with Crippen LogP contribution in [0.4, 0.5) is 5.69 Å². The fourth-order valence-corrected chi connectivity index (χ4v) is 4.05. The minimum atomic E-state index is -3.85. The van der Waals surface area contributed by atoms with E-state index in [0.29, 0.717) is 17.2 Å². The summed E-state index contributed by atoms with van der Waals surface area (Å²) in [7, 11) is -3.85. The second-order valence-corrected chi connectivity index (χ2v) is 8.11. The summed E-state index contributed by atoms with van der Waals surface area (Å²) in [5.74, 6) is 1.30. The normalized spacial score (nSPS) is 11.2.